The molecule has 3 fully saturated rings. The van der Waals surface area contributed by atoms with Crippen LogP contribution in [0.3, 0.4) is 0 Å². The van der Waals surface area contributed by atoms with Gasteiger partial charge in [0.15, 0.2) is 0 Å². The number of fused-ring (bicyclic) bond motifs is 2. The molecule has 1 unspecified atom stereocenters. The third-order valence-electron chi connectivity index (χ3n) is 11.6. The molecular formula is C43H53N9O9. The van der Waals surface area contributed by atoms with Crippen LogP contribution in [0.4, 0.5) is 11.5 Å². The summed E-state index contributed by atoms with van der Waals surface area (Å²) in [6.45, 7) is 5.96. The van der Waals surface area contributed by atoms with Crippen molar-refractivity contribution in [3.63, 3.8) is 0 Å². The zero-order chi connectivity index (χ0) is 42.6. The van der Waals surface area contributed by atoms with Crippen LogP contribution in [0.15, 0.2) is 42.7 Å². The van der Waals surface area contributed by atoms with Crippen molar-refractivity contribution in [2.24, 2.45) is 0 Å². The summed E-state index contributed by atoms with van der Waals surface area (Å²) in [4.78, 5) is 77.2. The minimum Gasteiger partial charge on any atom is -0.382 e. The maximum atomic E-state index is 13.2. The number of ether oxygens (including phenoxy) is 4. The number of nitriles is 1. The van der Waals surface area contributed by atoms with Gasteiger partial charge in [0.1, 0.15) is 24.8 Å². The second-order valence-corrected chi connectivity index (χ2v) is 15.5. The molecule has 0 radical (unpaired) electrons. The molecule has 18 nitrogen and oxygen atoms in total. The number of aromatic nitrogens is 2. The lowest BCUT2D eigenvalue weighted by Crippen LogP contribution is -2.54. The molecule has 61 heavy (non-hydrogen) atoms. The Morgan fingerprint density at radius 3 is 2.28 bits per heavy atom. The molecule has 3 aromatic rings. The summed E-state index contributed by atoms with van der Waals surface area (Å²) in [6.07, 6.45) is 6.36. The van der Waals surface area contributed by atoms with Crippen LogP contribution in [-0.4, -0.2) is 158 Å². The first-order chi connectivity index (χ1) is 29.8. The lowest BCUT2D eigenvalue weighted by Gasteiger charge is -2.42. The number of carbonyl (C=O) groups is 5. The molecule has 0 bridgehead atoms. The smallest absolute Gasteiger partial charge is 0.264 e. The van der Waals surface area contributed by atoms with Crippen LogP contribution in [0.2, 0.25) is 0 Å². The first-order valence-corrected chi connectivity index (χ1v) is 21.1. The van der Waals surface area contributed by atoms with Crippen LogP contribution in [0, 0.1) is 11.3 Å². The number of anilines is 2. The van der Waals surface area contributed by atoms with Crippen molar-refractivity contribution >= 4 is 51.9 Å². The third-order valence-corrected chi connectivity index (χ3v) is 11.6. The number of nitrogens with zero attached hydrogens (tertiary/aromatic N) is 6. The maximum absolute atomic E-state index is 13.2. The molecule has 18 heteroatoms. The van der Waals surface area contributed by atoms with Crippen molar-refractivity contribution in [2.75, 3.05) is 96.2 Å². The van der Waals surface area contributed by atoms with E-state index >= 15 is 0 Å². The van der Waals surface area contributed by atoms with Gasteiger partial charge in [-0.1, -0.05) is 12.1 Å². The van der Waals surface area contributed by atoms with Crippen LogP contribution in [0.25, 0.3) is 10.9 Å². The summed E-state index contributed by atoms with van der Waals surface area (Å²) >= 11 is 0. The molecule has 1 aromatic heterocycles. The van der Waals surface area contributed by atoms with Gasteiger partial charge in [0, 0.05) is 62.3 Å². The first kappa shape index (κ1) is 43.5. The molecule has 0 spiro atoms. The topological polar surface area (TPSA) is 218 Å². The highest BCUT2D eigenvalue weighted by Gasteiger charge is 2.45. The van der Waals surface area contributed by atoms with E-state index in [9.17, 15) is 24.0 Å². The number of hydrogen-bond acceptors (Lipinski definition) is 15. The van der Waals surface area contributed by atoms with E-state index in [1.165, 1.54) is 0 Å². The van der Waals surface area contributed by atoms with Crippen molar-refractivity contribution in [1.29, 1.82) is 5.26 Å². The number of nitrogens with one attached hydrogen (secondary N) is 3. The Hall–Kier alpha value is -5.58. The fraction of sp³-hybridized carbons (Fsp3) is 0.535. The van der Waals surface area contributed by atoms with E-state index in [0.717, 1.165) is 66.0 Å². The Labute approximate surface area is 354 Å². The number of benzene rings is 2. The highest BCUT2D eigenvalue weighted by atomic mass is 16.6. The highest BCUT2D eigenvalue weighted by molar-refractivity contribution is 6.25. The largest absolute Gasteiger partial charge is 0.382 e. The summed E-state index contributed by atoms with van der Waals surface area (Å²) in [6, 6.07) is 12.8. The summed E-state index contributed by atoms with van der Waals surface area (Å²) in [5.74, 6) is -1.35. The van der Waals surface area contributed by atoms with Crippen LogP contribution < -0.4 is 16.0 Å². The summed E-state index contributed by atoms with van der Waals surface area (Å²) in [5.41, 5.74) is 2.68. The number of amides is 5. The molecule has 1 saturated carbocycles. The molecule has 1 atom stereocenters. The maximum Gasteiger partial charge on any atom is 0.264 e. The van der Waals surface area contributed by atoms with E-state index in [1.54, 1.807) is 24.5 Å². The van der Waals surface area contributed by atoms with E-state index in [4.69, 9.17) is 24.2 Å². The molecule has 5 amide bonds. The Balaban J connectivity index is 0.680. The van der Waals surface area contributed by atoms with Crippen molar-refractivity contribution in [3.05, 3.63) is 59.4 Å². The molecule has 3 aliphatic heterocycles. The van der Waals surface area contributed by atoms with Gasteiger partial charge in [-0.25, -0.2) is 9.97 Å². The van der Waals surface area contributed by atoms with Crippen molar-refractivity contribution < 1.29 is 42.9 Å². The lowest BCUT2D eigenvalue weighted by molar-refractivity contribution is -0.139. The fourth-order valence-corrected chi connectivity index (χ4v) is 8.36. The monoisotopic (exact) mass is 839 g/mol. The van der Waals surface area contributed by atoms with Gasteiger partial charge in [0.25, 0.3) is 11.8 Å². The quantitative estimate of drug-likeness (QED) is 0.110. The second kappa shape index (κ2) is 21.3. The van der Waals surface area contributed by atoms with E-state index in [1.807, 2.05) is 23.1 Å². The molecular weight excluding hydrogens is 787 g/mol. The summed E-state index contributed by atoms with van der Waals surface area (Å²) < 4.78 is 22.4. The van der Waals surface area contributed by atoms with Crippen LogP contribution in [0.5, 0.6) is 0 Å². The van der Waals surface area contributed by atoms with E-state index in [2.05, 4.69) is 36.9 Å². The number of piperazine rings is 1. The molecule has 3 N–H and O–H groups in total. The number of rotatable bonds is 20. The van der Waals surface area contributed by atoms with Crippen molar-refractivity contribution in [2.45, 2.75) is 63.1 Å². The van der Waals surface area contributed by atoms with Crippen molar-refractivity contribution in [1.82, 2.24) is 30.0 Å². The van der Waals surface area contributed by atoms with Gasteiger partial charge in [-0.2, -0.15) is 5.26 Å². The normalized spacial score (nSPS) is 20.7. The molecule has 1 aliphatic carbocycles. The van der Waals surface area contributed by atoms with Gasteiger partial charge < -0.3 is 34.5 Å². The van der Waals surface area contributed by atoms with Gasteiger partial charge in [-0.15, -0.1) is 0 Å². The zero-order valence-electron chi connectivity index (χ0n) is 34.3. The summed E-state index contributed by atoms with van der Waals surface area (Å²) in [5, 5.41) is 19.0. The molecule has 2 saturated heterocycles. The Kier molecular flexibility index (Phi) is 15.2. The van der Waals surface area contributed by atoms with Gasteiger partial charge in [-0.3, -0.25) is 39.1 Å². The van der Waals surface area contributed by atoms with Gasteiger partial charge >= 0.3 is 0 Å². The predicted octanol–water partition coefficient (Wildman–Crippen LogP) is 2.14. The molecule has 324 valence electrons. The van der Waals surface area contributed by atoms with E-state index < -0.39 is 29.7 Å². The Bertz CT molecular complexity index is 2100. The minimum atomic E-state index is -1.02. The standard InChI is InChI=1S/C43H53N9O9/c44-13-12-29-4-9-32-35(26-29)46-28-47-40(32)48-30-5-7-31(8-6-30)50-15-17-51(18-16-50)38(54)27-61-25-24-60-23-22-59-21-20-58-19-14-45-34-3-1-2-33-39(34)43(57)52(42(33)56)36-10-11-37(53)49-41(36)55/h1-4,9,26,28,30-31,36,45H,5-8,10-12,14-25,27H2,(H,46,47,48)(H,49,53,55). The van der Waals surface area contributed by atoms with E-state index in [-0.39, 0.29) is 36.5 Å². The van der Waals surface area contributed by atoms with Crippen LogP contribution >= 0.6 is 0 Å². The zero-order valence-corrected chi connectivity index (χ0v) is 34.3. The Morgan fingerprint density at radius 1 is 0.836 bits per heavy atom. The second-order valence-electron chi connectivity index (χ2n) is 15.5. The van der Waals surface area contributed by atoms with Gasteiger partial charge in [0.2, 0.25) is 17.7 Å². The highest BCUT2D eigenvalue weighted by Crippen LogP contribution is 2.33. The van der Waals surface area contributed by atoms with Crippen molar-refractivity contribution in [3.8, 4) is 6.07 Å². The first-order valence-electron chi connectivity index (χ1n) is 21.1. The molecule has 4 heterocycles. The average molecular weight is 840 g/mol. The summed E-state index contributed by atoms with van der Waals surface area (Å²) in [7, 11) is 0. The van der Waals surface area contributed by atoms with Crippen LogP contribution in [-0.2, 0) is 39.8 Å². The molecule has 2 aromatic carbocycles. The number of carbonyl (C=O) groups excluding carboxylic acids is 5. The molecule has 7 rings (SSSR count). The lowest BCUT2D eigenvalue weighted by atomic mass is 9.89. The SMILES string of the molecule is N#CCc1ccc2c(NC3CCC(N4CCN(C(=O)COCCOCCOCCOCCNc5cccc6c5C(=O)N(C5CCC(=O)NC5=O)C6=O)CC4)CC3)ncnc2c1. The van der Waals surface area contributed by atoms with Gasteiger partial charge in [-0.05, 0) is 61.9 Å². The van der Waals surface area contributed by atoms with Crippen LogP contribution in [0.1, 0.15) is 64.8 Å². The number of hydrogen-bond donors (Lipinski definition) is 3. The average Bonchev–Trinajstić information content (AvgIpc) is 3.53. The fourth-order valence-electron chi connectivity index (χ4n) is 8.36. The predicted molar refractivity (Wildman–Crippen MR) is 222 cm³/mol. The molecule has 4 aliphatic rings. The Morgan fingerprint density at radius 2 is 1.56 bits per heavy atom. The number of imide groups is 2. The minimum absolute atomic E-state index is 0.00407. The van der Waals surface area contributed by atoms with Gasteiger partial charge in [0.05, 0.1) is 75.4 Å². The number of piperidine rings is 1. The van der Waals surface area contributed by atoms with E-state index in [0.29, 0.717) is 90.1 Å². The third kappa shape index (κ3) is 11.0.